The maximum absolute atomic E-state index is 5.39. The van der Waals surface area contributed by atoms with Crippen molar-refractivity contribution < 1.29 is 26.4 Å². The van der Waals surface area contributed by atoms with Crippen molar-refractivity contribution in [1.82, 2.24) is 4.98 Å². The minimum atomic E-state index is 0. The summed E-state index contributed by atoms with van der Waals surface area (Å²) < 4.78 is 12.4. The molecular weight excluding hydrogens is 216 g/mol. The molecule has 0 aromatic carbocycles. The first-order chi connectivity index (χ1) is 6.88. The van der Waals surface area contributed by atoms with Gasteiger partial charge in [-0.15, -0.1) is 0 Å². The molecule has 1 rings (SSSR count). The van der Waals surface area contributed by atoms with E-state index in [-0.39, 0.29) is 12.4 Å². The molecular formula is C10H19ClN2O2. The predicted molar refractivity (Wildman–Crippen MR) is 53.1 cm³/mol. The van der Waals surface area contributed by atoms with Crippen molar-refractivity contribution in [3.8, 4) is 0 Å². The Hall–Kier alpha value is -0.580. The standard InChI is InChI=1S/C10H18N2O2.ClH/c1-3-10-11-4-5-12(10)6-7-14-9-8-13-2;/h4-5H,3,6-9H2,1-2H3;1H. The zero-order valence-corrected chi connectivity index (χ0v) is 10.1. The summed E-state index contributed by atoms with van der Waals surface area (Å²) in [5.41, 5.74) is 0. The van der Waals surface area contributed by atoms with Crippen LogP contribution in [0.1, 0.15) is 12.7 Å². The van der Waals surface area contributed by atoms with E-state index in [0.29, 0.717) is 13.2 Å². The van der Waals surface area contributed by atoms with Crippen molar-refractivity contribution in [2.75, 3.05) is 26.9 Å². The fourth-order valence-electron chi connectivity index (χ4n) is 1.32. The lowest BCUT2D eigenvalue weighted by Gasteiger charge is -2.02. The molecule has 0 aliphatic rings. The molecule has 0 unspecified atom stereocenters. The van der Waals surface area contributed by atoms with E-state index < -0.39 is 0 Å². The molecule has 0 aliphatic carbocycles. The second kappa shape index (κ2) is 8.71. The largest absolute Gasteiger partial charge is 1.00 e. The molecule has 0 saturated carbocycles. The Kier molecular flexibility index (Phi) is 8.37. The number of hydrogen-bond donors (Lipinski definition) is 1. The summed E-state index contributed by atoms with van der Waals surface area (Å²) in [5, 5.41) is 0. The summed E-state index contributed by atoms with van der Waals surface area (Å²) in [6.07, 6.45) is 5.01. The zero-order chi connectivity index (χ0) is 10.2. The molecule has 88 valence electrons. The molecule has 5 heteroatoms. The molecule has 1 heterocycles. The Morgan fingerprint density at radius 2 is 2.13 bits per heavy atom. The molecule has 0 amide bonds. The van der Waals surface area contributed by atoms with Gasteiger partial charge in [0.2, 0.25) is 0 Å². The highest BCUT2D eigenvalue weighted by molar-refractivity contribution is 4.75. The molecule has 0 atom stereocenters. The highest BCUT2D eigenvalue weighted by atomic mass is 35.5. The third-order valence-corrected chi connectivity index (χ3v) is 2.09. The number of rotatable bonds is 7. The van der Waals surface area contributed by atoms with Gasteiger partial charge in [-0.3, -0.25) is 0 Å². The van der Waals surface area contributed by atoms with Crippen LogP contribution in [-0.2, 0) is 22.4 Å². The average Bonchev–Trinajstić information content (AvgIpc) is 2.65. The van der Waals surface area contributed by atoms with E-state index in [1.807, 2.05) is 12.4 Å². The van der Waals surface area contributed by atoms with E-state index in [1.54, 1.807) is 7.11 Å². The number of hydrogen-bond acceptors (Lipinski definition) is 2. The average molecular weight is 235 g/mol. The minimum absolute atomic E-state index is 0. The van der Waals surface area contributed by atoms with Gasteiger partial charge in [0.1, 0.15) is 18.9 Å². The van der Waals surface area contributed by atoms with Gasteiger partial charge >= 0.3 is 0 Å². The predicted octanol–water partition coefficient (Wildman–Crippen LogP) is -2.47. The number of aromatic amines is 1. The van der Waals surface area contributed by atoms with Crippen LogP contribution < -0.4 is 17.0 Å². The molecule has 4 nitrogen and oxygen atoms in total. The molecule has 0 aliphatic heterocycles. The number of methoxy groups -OCH3 is 1. The number of imidazole rings is 1. The van der Waals surface area contributed by atoms with Crippen molar-refractivity contribution in [3.63, 3.8) is 0 Å². The van der Waals surface area contributed by atoms with E-state index in [0.717, 1.165) is 19.6 Å². The van der Waals surface area contributed by atoms with Gasteiger partial charge in [-0.25, -0.2) is 9.55 Å². The summed E-state index contributed by atoms with van der Waals surface area (Å²) in [6, 6.07) is 0. The van der Waals surface area contributed by atoms with Crippen LogP contribution in [0.15, 0.2) is 12.4 Å². The quantitative estimate of drug-likeness (QED) is 0.420. The Bertz CT molecular complexity index is 253. The second-order valence-corrected chi connectivity index (χ2v) is 3.06. The first-order valence-electron chi connectivity index (χ1n) is 5.00. The highest BCUT2D eigenvalue weighted by Crippen LogP contribution is 1.87. The summed E-state index contributed by atoms with van der Waals surface area (Å²) in [5.74, 6) is 1.24. The fraction of sp³-hybridized carbons (Fsp3) is 0.700. The molecule has 0 spiro atoms. The van der Waals surface area contributed by atoms with Crippen LogP contribution in [0, 0.1) is 0 Å². The molecule has 0 bridgehead atoms. The summed E-state index contributed by atoms with van der Waals surface area (Å²) in [6.45, 7) is 5.10. The molecule has 0 radical (unpaired) electrons. The summed E-state index contributed by atoms with van der Waals surface area (Å²) in [7, 11) is 1.68. The van der Waals surface area contributed by atoms with E-state index in [1.165, 1.54) is 5.82 Å². The van der Waals surface area contributed by atoms with E-state index in [9.17, 15) is 0 Å². The van der Waals surface area contributed by atoms with E-state index in [2.05, 4.69) is 16.5 Å². The van der Waals surface area contributed by atoms with Crippen molar-refractivity contribution in [3.05, 3.63) is 18.2 Å². The number of ether oxygens (including phenoxy) is 2. The lowest BCUT2D eigenvalue weighted by molar-refractivity contribution is -0.704. The Balaban J connectivity index is 0.00000196. The fourth-order valence-corrected chi connectivity index (χ4v) is 1.32. The van der Waals surface area contributed by atoms with Gasteiger partial charge < -0.3 is 21.9 Å². The van der Waals surface area contributed by atoms with Crippen LogP contribution in [0.3, 0.4) is 0 Å². The molecule has 0 saturated heterocycles. The van der Waals surface area contributed by atoms with E-state index >= 15 is 0 Å². The van der Waals surface area contributed by atoms with Gasteiger partial charge in [0, 0.05) is 13.5 Å². The zero-order valence-electron chi connectivity index (χ0n) is 9.33. The molecule has 1 aromatic rings. The minimum Gasteiger partial charge on any atom is -1.00 e. The van der Waals surface area contributed by atoms with Crippen LogP contribution >= 0.6 is 0 Å². The third kappa shape index (κ3) is 5.16. The number of halogens is 1. The topological polar surface area (TPSA) is 38.1 Å². The highest BCUT2D eigenvalue weighted by Gasteiger charge is 2.06. The maximum Gasteiger partial charge on any atom is 0.253 e. The normalized spacial score (nSPS) is 10.0. The van der Waals surface area contributed by atoms with Gasteiger partial charge in [-0.1, -0.05) is 6.92 Å². The maximum atomic E-state index is 5.39. The summed E-state index contributed by atoms with van der Waals surface area (Å²) >= 11 is 0. The lowest BCUT2D eigenvalue weighted by Crippen LogP contribution is -3.00. The van der Waals surface area contributed by atoms with Crippen LogP contribution in [0.4, 0.5) is 0 Å². The van der Waals surface area contributed by atoms with Gasteiger partial charge in [-0.2, -0.15) is 0 Å². The Labute approximate surface area is 97.0 Å². The van der Waals surface area contributed by atoms with Crippen LogP contribution in [0.25, 0.3) is 0 Å². The van der Waals surface area contributed by atoms with Crippen LogP contribution in [-0.4, -0.2) is 31.9 Å². The third-order valence-electron chi connectivity index (χ3n) is 2.09. The Morgan fingerprint density at radius 1 is 1.33 bits per heavy atom. The van der Waals surface area contributed by atoms with Gasteiger partial charge in [0.15, 0.2) is 0 Å². The van der Waals surface area contributed by atoms with Crippen LogP contribution in [0.2, 0.25) is 0 Å². The number of nitrogens with one attached hydrogen (secondary N) is 1. The number of aromatic nitrogens is 2. The van der Waals surface area contributed by atoms with Crippen LogP contribution in [0.5, 0.6) is 0 Å². The van der Waals surface area contributed by atoms with Gasteiger partial charge in [0.25, 0.3) is 5.82 Å². The molecule has 1 N–H and O–H groups in total. The number of H-pyrrole nitrogens is 1. The smallest absolute Gasteiger partial charge is 0.253 e. The van der Waals surface area contributed by atoms with Crippen molar-refractivity contribution in [2.24, 2.45) is 0 Å². The SMILES string of the molecule is CCc1[nH]cc[n+]1CCOCCOC.[Cl-]. The lowest BCUT2D eigenvalue weighted by atomic mass is 10.4. The van der Waals surface area contributed by atoms with E-state index in [4.69, 9.17) is 9.47 Å². The Morgan fingerprint density at radius 3 is 2.80 bits per heavy atom. The van der Waals surface area contributed by atoms with Crippen molar-refractivity contribution in [1.29, 1.82) is 0 Å². The molecule has 0 fully saturated rings. The number of aryl methyl sites for hydroxylation is 1. The second-order valence-electron chi connectivity index (χ2n) is 3.06. The monoisotopic (exact) mass is 234 g/mol. The summed E-state index contributed by atoms with van der Waals surface area (Å²) in [4.78, 5) is 3.19. The van der Waals surface area contributed by atoms with Gasteiger partial charge in [-0.05, 0) is 0 Å². The van der Waals surface area contributed by atoms with Crippen molar-refractivity contribution in [2.45, 2.75) is 19.9 Å². The van der Waals surface area contributed by atoms with Crippen molar-refractivity contribution >= 4 is 0 Å². The first-order valence-corrected chi connectivity index (χ1v) is 5.00. The first kappa shape index (κ1) is 14.4. The van der Waals surface area contributed by atoms with Gasteiger partial charge in [0.05, 0.1) is 19.8 Å². The number of nitrogens with zero attached hydrogens (tertiary/aromatic N) is 1. The molecule has 15 heavy (non-hydrogen) atoms. The molecule has 1 aromatic heterocycles.